The zero-order valence-electron chi connectivity index (χ0n) is 19.1. The summed E-state index contributed by atoms with van der Waals surface area (Å²) in [7, 11) is 10.4. The van der Waals surface area contributed by atoms with Crippen molar-refractivity contribution in [3.63, 3.8) is 0 Å². The Morgan fingerprint density at radius 3 is 2.56 bits per heavy atom. The Hall–Kier alpha value is 0.430. The molecule has 0 amide bonds. The first-order chi connectivity index (χ1) is 15.3. The van der Waals surface area contributed by atoms with Crippen LogP contribution in [0, 0.1) is 28.6 Å². The van der Waals surface area contributed by atoms with Crippen LogP contribution in [0.2, 0.25) is 0 Å². The van der Waals surface area contributed by atoms with E-state index in [2.05, 4.69) is 26.8 Å². The Morgan fingerprint density at radius 1 is 1.12 bits per heavy atom. The van der Waals surface area contributed by atoms with E-state index in [1.165, 1.54) is 12.7 Å². The molecule has 8 atom stereocenters. The van der Waals surface area contributed by atoms with E-state index in [1.54, 1.807) is 30.4 Å². The molecule has 2 saturated carbocycles. The van der Waals surface area contributed by atoms with Crippen LogP contribution in [0.25, 0.3) is 0 Å². The Bertz CT molecular complexity index is 835. The summed E-state index contributed by atoms with van der Waals surface area (Å²) in [5, 5.41) is 0.125. The predicted molar refractivity (Wildman–Crippen MR) is 139 cm³/mol. The molecule has 5 rings (SSSR count). The zero-order valence-corrected chi connectivity index (χ0v) is 23.2. The van der Waals surface area contributed by atoms with Gasteiger partial charge in [-0.15, -0.1) is 0 Å². The summed E-state index contributed by atoms with van der Waals surface area (Å²) < 4.78 is 11.4. The molecule has 2 heterocycles. The van der Waals surface area contributed by atoms with Gasteiger partial charge in [-0.25, -0.2) is 0 Å². The number of fused-ring (bicyclic) bond motifs is 6. The van der Waals surface area contributed by atoms with Crippen molar-refractivity contribution in [2.45, 2.75) is 81.8 Å². The van der Waals surface area contributed by atoms with Gasteiger partial charge in [-0.1, -0.05) is 48.4 Å². The average molecular weight is 533 g/mol. The molecule has 32 heavy (non-hydrogen) atoms. The Kier molecular flexibility index (Phi) is 6.66. The second-order valence-electron chi connectivity index (χ2n) is 10.4. The van der Waals surface area contributed by atoms with Crippen LogP contribution >= 0.6 is 51.1 Å². The van der Waals surface area contributed by atoms with Crippen LogP contribution in [-0.2, 0) is 19.1 Å². The maximum atomic E-state index is 12.9. The van der Waals surface area contributed by atoms with Gasteiger partial charge in [-0.2, -0.15) is 0 Å². The molecule has 1 saturated heterocycles. The highest BCUT2D eigenvalue weighted by atomic mass is 33.8. The minimum Gasteiger partial charge on any atom is -0.468 e. The summed E-state index contributed by atoms with van der Waals surface area (Å²) in [6, 6.07) is 0. The number of carbonyl (C=O) groups is 2. The number of methoxy groups -OCH3 is 1. The highest BCUT2D eigenvalue weighted by Gasteiger charge is 2.68. The molecule has 4 nitrogen and oxygen atoms in total. The van der Waals surface area contributed by atoms with Gasteiger partial charge >= 0.3 is 11.9 Å². The van der Waals surface area contributed by atoms with Gasteiger partial charge in [-0.3, -0.25) is 9.59 Å². The Labute approximate surface area is 210 Å². The fourth-order valence-corrected chi connectivity index (χ4v) is 17.7. The standard InChI is InChI=1S/C23H32O4S5/c1-5-21(2)13-6-9-22(3)14(7-10-23(22)11-8-17(24)27-23)18(13)16-12-15(21)19(20(25)26-4)29-31-32-30-28-16/h12-14,16,18-19H,5-11H2,1-4H3/t13-,14-,16+,18+,19-,21+,22-,23+/m0/s1. The zero-order chi connectivity index (χ0) is 22.7. The molecule has 0 aromatic rings. The van der Waals surface area contributed by atoms with Crippen molar-refractivity contribution in [1.29, 1.82) is 0 Å². The molecular formula is C23H32O4S5. The normalized spacial score (nSPS) is 48.1. The molecule has 1 spiro atoms. The molecule has 0 N–H and O–H groups in total. The smallest absolute Gasteiger partial charge is 0.323 e. The van der Waals surface area contributed by atoms with E-state index in [4.69, 9.17) is 9.47 Å². The molecule has 2 aliphatic heterocycles. The van der Waals surface area contributed by atoms with Gasteiger partial charge in [-0.05, 0) is 96.7 Å². The summed E-state index contributed by atoms with van der Waals surface area (Å²) in [4.78, 5) is 25.1. The van der Waals surface area contributed by atoms with Gasteiger partial charge in [0.05, 0.1) is 7.11 Å². The van der Waals surface area contributed by atoms with Crippen molar-refractivity contribution in [3.8, 4) is 0 Å². The van der Waals surface area contributed by atoms with Crippen LogP contribution in [0.4, 0.5) is 0 Å². The number of esters is 2. The van der Waals surface area contributed by atoms with Crippen LogP contribution in [0.5, 0.6) is 0 Å². The monoisotopic (exact) mass is 532 g/mol. The Balaban J connectivity index is 1.58. The largest absolute Gasteiger partial charge is 0.468 e. The van der Waals surface area contributed by atoms with Crippen molar-refractivity contribution < 1.29 is 19.1 Å². The van der Waals surface area contributed by atoms with Crippen molar-refractivity contribution in [2.75, 3.05) is 7.11 Å². The number of hydrogen-bond donors (Lipinski definition) is 0. The first-order valence-corrected chi connectivity index (χ1v) is 17.9. The number of hydrogen-bond acceptors (Lipinski definition) is 9. The highest BCUT2D eigenvalue weighted by molar-refractivity contribution is 9.35. The minimum atomic E-state index is -0.252. The summed E-state index contributed by atoms with van der Waals surface area (Å²) in [6.45, 7) is 7.11. The highest BCUT2D eigenvalue weighted by Crippen LogP contribution is 2.71. The SMILES string of the molecule is CC[C@@]1(C)C2=C[C@@H](SSSSS[C@@H]2C(=O)OC)[C@@H]2[C@@H]1CC[C@@]1(C)[C@H]2CC[C@@]12CCC(=O)O2. The number of rotatable bonds is 2. The molecule has 9 heteroatoms. The second-order valence-corrected chi connectivity index (χ2v) is 18.3. The molecule has 0 radical (unpaired) electrons. The van der Waals surface area contributed by atoms with E-state index in [-0.39, 0.29) is 33.6 Å². The lowest BCUT2D eigenvalue weighted by molar-refractivity contribution is -0.166. The molecule has 178 valence electrons. The van der Waals surface area contributed by atoms with Gasteiger partial charge in [0.15, 0.2) is 0 Å². The van der Waals surface area contributed by atoms with Gasteiger partial charge in [0, 0.05) is 17.1 Å². The number of ether oxygens (including phenoxy) is 2. The summed E-state index contributed by atoms with van der Waals surface area (Å²) in [5.41, 5.74) is 1.08. The number of carbonyl (C=O) groups excluding carboxylic acids is 2. The van der Waals surface area contributed by atoms with Crippen molar-refractivity contribution in [3.05, 3.63) is 11.6 Å². The van der Waals surface area contributed by atoms with Crippen LogP contribution < -0.4 is 0 Å². The third kappa shape index (κ3) is 3.45. The van der Waals surface area contributed by atoms with Gasteiger partial charge in [0.2, 0.25) is 0 Å². The van der Waals surface area contributed by atoms with Crippen LogP contribution in [0.15, 0.2) is 11.6 Å². The lowest BCUT2D eigenvalue weighted by Crippen LogP contribution is -2.57. The van der Waals surface area contributed by atoms with Crippen LogP contribution in [-0.4, -0.2) is 35.1 Å². The molecule has 3 aliphatic carbocycles. The first-order valence-electron chi connectivity index (χ1n) is 11.6. The average Bonchev–Trinajstić information content (AvgIpc) is 3.34. The van der Waals surface area contributed by atoms with Gasteiger partial charge < -0.3 is 9.47 Å². The van der Waals surface area contributed by atoms with Crippen molar-refractivity contribution in [2.24, 2.45) is 28.6 Å². The maximum absolute atomic E-state index is 12.9. The van der Waals surface area contributed by atoms with E-state index in [9.17, 15) is 9.59 Å². The van der Waals surface area contributed by atoms with Gasteiger partial charge in [0.25, 0.3) is 0 Å². The van der Waals surface area contributed by atoms with E-state index in [0.717, 1.165) is 38.5 Å². The molecule has 0 aromatic carbocycles. The van der Waals surface area contributed by atoms with Crippen molar-refractivity contribution in [1.82, 2.24) is 0 Å². The molecule has 0 aromatic heterocycles. The lowest BCUT2D eigenvalue weighted by Gasteiger charge is -2.59. The molecule has 5 aliphatic rings. The third-order valence-corrected chi connectivity index (χ3v) is 18.7. The van der Waals surface area contributed by atoms with E-state index in [0.29, 0.717) is 29.4 Å². The van der Waals surface area contributed by atoms with E-state index >= 15 is 0 Å². The molecule has 2 bridgehead atoms. The van der Waals surface area contributed by atoms with E-state index in [1.807, 2.05) is 20.6 Å². The summed E-state index contributed by atoms with van der Waals surface area (Å²) in [6.07, 6.45) is 9.36. The molecule has 3 fully saturated rings. The fraction of sp³-hybridized carbons (Fsp3) is 0.826. The molecular weight excluding hydrogens is 501 g/mol. The van der Waals surface area contributed by atoms with E-state index < -0.39 is 0 Å². The second kappa shape index (κ2) is 8.82. The summed E-state index contributed by atoms with van der Waals surface area (Å²) in [5.74, 6) is 1.51. The molecule has 0 unspecified atom stereocenters. The third-order valence-electron chi connectivity index (χ3n) is 9.64. The predicted octanol–water partition coefficient (Wildman–Crippen LogP) is 7.11. The van der Waals surface area contributed by atoms with Crippen LogP contribution in [0.3, 0.4) is 0 Å². The Morgan fingerprint density at radius 2 is 1.88 bits per heavy atom. The summed E-state index contributed by atoms with van der Waals surface area (Å²) >= 11 is 0. The fourth-order valence-electron chi connectivity index (χ4n) is 7.78. The minimum absolute atomic E-state index is 0.00281. The quantitative estimate of drug-likeness (QED) is 0.210. The van der Waals surface area contributed by atoms with Crippen LogP contribution in [0.1, 0.15) is 65.7 Å². The van der Waals surface area contributed by atoms with Crippen molar-refractivity contribution >= 4 is 63.0 Å². The lowest BCUT2D eigenvalue weighted by atomic mass is 9.48. The topological polar surface area (TPSA) is 52.6 Å². The first kappa shape index (κ1) is 24.1. The maximum Gasteiger partial charge on any atom is 0.323 e. The van der Waals surface area contributed by atoms with Gasteiger partial charge in [0.1, 0.15) is 10.9 Å².